The Kier molecular flexibility index (Phi) is 20.3. The molecule has 30 heavy (non-hydrogen) atoms. The van der Waals surface area contributed by atoms with Crippen molar-refractivity contribution >= 4 is 69.8 Å². The number of aryl methyl sites for hydroxylation is 1. The summed E-state index contributed by atoms with van der Waals surface area (Å²) in [7, 11) is 0. The Morgan fingerprint density at radius 3 is 1.23 bits per heavy atom. The van der Waals surface area contributed by atoms with Gasteiger partial charge in [-0.05, 0) is 62.1 Å². The zero-order valence-corrected chi connectivity index (χ0v) is 19.4. The number of thioether (sulfide) groups is 4. The number of anilines is 4. The third-order valence-electron chi connectivity index (χ3n) is 3.99. The highest BCUT2D eigenvalue weighted by Crippen LogP contribution is 2.38. The van der Waals surface area contributed by atoms with Crippen molar-refractivity contribution in [1.29, 1.82) is 0 Å². The van der Waals surface area contributed by atoms with E-state index in [0.717, 1.165) is 53.5 Å². The van der Waals surface area contributed by atoms with Crippen LogP contribution in [0.1, 0.15) is 40.8 Å². The van der Waals surface area contributed by atoms with Crippen LogP contribution in [0.3, 0.4) is 0 Å². The van der Waals surface area contributed by atoms with E-state index < -0.39 is 0 Å². The summed E-state index contributed by atoms with van der Waals surface area (Å²) in [6.45, 7) is 3.97. The Bertz CT molecular complexity index is 750. The van der Waals surface area contributed by atoms with Gasteiger partial charge < -0.3 is 22.9 Å². The Balaban J connectivity index is -0.000000199. The minimum atomic E-state index is 0. The molecule has 8 heteroatoms. The van der Waals surface area contributed by atoms with E-state index in [2.05, 4.69) is 0 Å². The molecule has 2 aromatic rings. The van der Waals surface area contributed by atoms with E-state index in [9.17, 15) is 0 Å². The fraction of sp³-hybridized carbons (Fsp3) is 0.455. The van der Waals surface area contributed by atoms with Crippen molar-refractivity contribution in [2.24, 2.45) is 0 Å². The van der Waals surface area contributed by atoms with Crippen molar-refractivity contribution in [3.63, 3.8) is 0 Å². The number of hydrogen-bond acceptors (Lipinski definition) is 8. The minimum absolute atomic E-state index is 0. The van der Waals surface area contributed by atoms with Gasteiger partial charge in [0.25, 0.3) is 0 Å². The third kappa shape index (κ3) is 8.29. The molecule has 0 heterocycles. The number of benzene rings is 2. The lowest BCUT2D eigenvalue weighted by Gasteiger charge is -2.12. The number of nitrogen functional groups attached to an aromatic ring is 4. The van der Waals surface area contributed by atoms with Gasteiger partial charge in [0, 0.05) is 14.7 Å². The Morgan fingerprint density at radius 1 is 0.533 bits per heavy atom. The molecule has 0 saturated carbocycles. The molecule has 8 N–H and O–H groups in total. The molecule has 0 unspecified atom stereocenters. The number of hydrogen-bond donors (Lipinski definition) is 4. The summed E-state index contributed by atoms with van der Waals surface area (Å²) in [5, 5.41) is 0. The molecule has 0 spiro atoms. The molecule has 0 radical (unpaired) electrons. The quantitative estimate of drug-likeness (QED) is 0.253. The molecule has 0 atom stereocenters. The molecule has 0 fully saturated rings. The average Bonchev–Trinajstić information content (AvgIpc) is 2.64. The Hall–Kier alpha value is -0.960. The molecule has 0 aliphatic carbocycles. The van der Waals surface area contributed by atoms with Crippen molar-refractivity contribution < 1.29 is 0 Å². The number of nitrogens with two attached hydrogens (primary N) is 4. The van der Waals surface area contributed by atoms with E-state index in [4.69, 9.17) is 22.9 Å². The second-order valence-electron chi connectivity index (χ2n) is 5.49. The van der Waals surface area contributed by atoms with Crippen molar-refractivity contribution in [3.8, 4) is 0 Å². The van der Waals surface area contributed by atoms with E-state index >= 15 is 0 Å². The predicted molar refractivity (Wildman–Crippen MR) is 154 cm³/mol. The van der Waals surface area contributed by atoms with Crippen LogP contribution in [0.2, 0.25) is 0 Å². The summed E-state index contributed by atoms with van der Waals surface area (Å²) in [6, 6.07) is 4.09. The fourth-order valence-corrected chi connectivity index (χ4v) is 4.99. The lowest BCUT2D eigenvalue weighted by Crippen LogP contribution is -1.99. The van der Waals surface area contributed by atoms with Crippen molar-refractivity contribution in [2.75, 3.05) is 48.0 Å². The molecule has 0 saturated heterocycles. The van der Waals surface area contributed by atoms with E-state index in [-0.39, 0.29) is 29.7 Å². The van der Waals surface area contributed by atoms with Gasteiger partial charge in [-0.25, -0.2) is 0 Å². The van der Waals surface area contributed by atoms with Crippen molar-refractivity contribution in [3.05, 3.63) is 23.3 Å². The van der Waals surface area contributed by atoms with Gasteiger partial charge in [-0.3, -0.25) is 0 Å². The molecule has 0 aliphatic heterocycles. The van der Waals surface area contributed by atoms with Gasteiger partial charge in [-0.2, -0.15) is 0 Å². The summed E-state index contributed by atoms with van der Waals surface area (Å²) in [5.41, 5.74) is 29.0. The highest BCUT2D eigenvalue weighted by Gasteiger charge is 2.10. The van der Waals surface area contributed by atoms with Crippen molar-refractivity contribution in [2.45, 2.75) is 63.1 Å². The molecule has 0 aliphatic rings. The van der Waals surface area contributed by atoms with Crippen LogP contribution in [0.4, 0.5) is 22.7 Å². The highest BCUT2D eigenvalue weighted by atomic mass is 32.2. The maximum Gasteiger partial charge on any atom is 0.0611 e. The van der Waals surface area contributed by atoms with Crippen LogP contribution in [0.25, 0.3) is 0 Å². The lowest BCUT2D eigenvalue weighted by atomic mass is 10.1. The van der Waals surface area contributed by atoms with E-state index in [0.29, 0.717) is 0 Å². The first kappa shape index (κ1) is 36.4. The standard InChI is InChI=1S/2C9H14N2S2.4CH4/c1-5-8(10)6(12-2)4-7(13-3)9(5)11;1-5-4-6(12-2)8(11)9(13-3)7(5)10;;;;/h2*4H,10-11H2,1-3H3;4*1H4. The van der Waals surface area contributed by atoms with Crippen LogP contribution in [0.15, 0.2) is 31.7 Å². The van der Waals surface area contributed by atoms with Crippen LogP contribution in [0, 0.1) is 13.8 Å². The van der Waals surface area contributed by atoms with Crippen LogP contribution in [-0.2, 0) is 0 Å². The summed E-state index contributed by atoms with van der Waals surface area (Å²) in [4.78, 5) is 4.33. The first-order valence-electron chi connectivity index (χ1n) is 7.76. The van der Waals surface area contributed by atoms with Gasteiger partial charge >= 0.3 is 0 Å². The van der Waals surface area contributed by atoms with E-state index in [1.807, 2.05) is 51.0 Å². The fourth-order valence-electron chi connectivity index (χ4n) is 2.30. The second kappa shape index (κ2) is 16.7. The second-order valence-corrected chi connectivity index (χ2v) is 8.85. The first-order valence-corrected chi connectivity index (χ1v) is 12.7. The molecule has 176 valence electrons. The zero-order valence-electron chi connectivity index (χ0n) is 16.1. The van der Waals surface area contributed by atoms with E-state index in [1.54, 1.807) is 47.0 Å². The van der Waals surface area contributed by atoms with Gasteiger partial charge in [0.15, 0.2) is 0 Å². The minimum Gasteiger partial charge on any atom is -0.398 e. The van der Waals surface area contributed by atoms with Gasteiger partial charge in [-0.1, -0.05) is 29.7 Å². The summed E-state index contributed by atoms with van der Waals surface area (Å²) < 4.78 is 0. The van der Waals surface area contributed by atoms with Gasteiger partial charge in [-0.15, -0.1) is 47.0 Å². The molecule has 0 aromatic heterocycles. The molecule has 2 rings (SSSR count). The van der Waals surface area contributed by atoms with Gasteiger partial charge in [0.2, 0.25) is 0 Å². The molecular weight excluding hydrogens is 449 g/mol. The normalized spacial score (nSPS) is 9.00. The Morgan fingerprint density at radius 2 is 0.900 bits per heavy atom. The SMILES string of the molecule is C.C.C.C.CSc1cc(C)c(N)c(SC)c1N.CSc1cc(SC)c(N)c(C)c1N. The van der Waals surface area contributed by atoms with Crippen LogP contribution in [-0.4, -0.2) is 25.0 Å². The average molecular weight is 493 g/mol. The smallest absolute Gasteiger partial charge is 0.0611 e. The van der Waals surface area contributed by atoms with Crippen molar-refractivity contribution in [1.82, 2.24) is 0 Å². The summed E-state index contributed by atoms with van der Waals surface area (Å²) >= 11 is 6.56. The summed E-state index contributed by atoms with van der Waals surface area (Å²) in [5.74, 6) is 0. The maximum atomic E-state index is 5.95. The topological polar surface area (TPSA) is 104 Å². The molecule has 0 bridgehead atoms. The van der Waals surface area contributed by atoms with Crippen LogP contribution >= 0.6 is 47.0 Å². The molecular formula is C22H44N4S4. The van der Waals surface area contributed by atoms with Gasteiger partial charge in [0.1, 0.15) is 0 Å². The molecule has 2 aromatic carbocycles. The van der Waals surface area contributed by atoms with Crippen LogP contribution < -0.4 is 22.9 Å². The third-order valence-corrected chi connectivity index (χ3v) is 7.17. The maximum absolute atomic E-state index is 5.95. The zero-order chi connectivity index (χ0) is 20.0. The summed E-state index contributed by atoms with van der Waals surface area (Å²) in [6.07, 6.45) is 8.05. The molecule has 4 nitrogen and oxygen atoms in total. The van der Waals surface area contributed by atoms with E-state index in [1.165, 1.54) is 0 Å². The highest BCUT2D eigenvalue weighted by molar-refractivity contribution is 8.00. The number of rotatable bonds is 4. The largest absolute Gasteiger partial charge is 0.398 e. The monoisotopic (exact) mass is 492 g/mol. The Labute approximate surface area is 203 Å². The predicted octanol–water partition coefficient (Wildman–Crippen LogP) is 7.75. The lowest BCUT2D eigenvalue weighted by molar-refractivity contribution is 1.28. The van der Waals surface area contributed by atoms with Crippen LogP contribution in [0.5, 0.6) is 0 Å². The molecule has 0 amide bonds. The van der Waals surface area contributed by atoms with Gasteiger partial charge in [0.05, 0.1) is 27.6 Å². The first-order chi connectivity index (χ1) is 12.2.